The number of carbonyl (C=O) groups excluding carboxylic acids is 1. The lowest BCUT2D eigenvalue weighted by Gasteiger charge is -2.19. The van der Waals surface area contributed by atoms with Gasteiger partial charge in [-0.2, -0.15) is 0 Å². The van der Waals surface area contributed by atoms with Crippen molar-refractivity contribution in [1.29, 1.82) is 0 Å². The number of benzene rings is 3. The standard InChI is InChI=1S/C15H14F2N4.C13H20N2O2.2ClH/c16-10-7-12(17)14-13(8-10)20-15(21-14)19-11-3-1-9(2-4-11)5-6-18;1-13(2,3)17-12(16)15-9-8-10-4-6-11(14)7-5-10;;/h1-4,7-8H,5-6,18H2,(H2,19,20,21);4-7H,8-9,14H2,1-3H3,(H,15,16);2*1H. The molecule has 0 saturated carbocycles. The number of aromatic nitrogens is 2. The van der Waals surface area contributed by atoms with Gasteiger partial charge in [-0.1, -0.05) is 24.3 Å². The van der Waals surface area contributed by atoms with Crippen molar-refractivity contribution in [1.82, 2.24) is 15.3 Å². The monoisotopic (exact) mass is 596 g/mol. The van der Waals surface area contributed by atoms with Crippen LogP contribution in [0.2, 0.25) is 0 Å². The zero-order chi connectivity index (χ0) is 27.7. The summed E-state index contributed by atoms with van der Waals surface area (Å²) in [7, 11) is 0. The van der Waals surface area contributed by atoms with Gasteiger partial charge in [-0.25, -0.2) is 18.6 Å². The minimum absolute atomic E-state index is 0. The molecule has 0 spiro atoms. The Morgan fingerprint density at radius 3 is 2.17 bits per heavy atom. The number of ether oxygens (including phenoxy) is 1. The number of hydrogen-bond acceptors (Lipinski definition) is 6. The smallest absolute Gasteiger partial charge is 0.407 e. The number of hydrogen-bond donors (Lipinski definition) is 5. The average molecular weight is 598 g/mol. The summed E-state index contributed by atoms with van der Waals surface area (Å²) in [5.74, 6) is -0.963. The lowest BCUT2D eigenvalue weighted by molar-refractivity contribution is 0.0528. The summed E-state index contributed by atoms with van der Waals surface area (Å²) in [6.07, 6.45) is 1.20. The molecule has 0 saturated heterocycles. The number of nitrogen functional groups attached to an aromatic ring is 1. The topological polar surface area (TPSA) is 131 Å². The number of imidazole rings is 1. The van der Waals surface area contributed by atoms with Gasteiger partial charge >= 0.3 is 6.09 Å². The summed E-state index contributed by atoms with van der Waals surface area (Å²) in [5.41, 5.74) is 14.9. The zero-order valence-electron chi connectivity index (χ0n) is 22.6. The van der Waals surface area contributed by atoms with Gasteiger partial charge in [0, 0.05) is 24.0 Å². The summed E-state index contributed by atoms with van der Waals surface area (Å²) in [4.78, 5) is 18.3. The van der Waals surface area contributed by atoms with E-state index in [0.29, 0.717) is 24.6 Å². The van der Waals surface area contributed by atoms with Crippen LogP contribution in [0.25, 0.3) is 11.0 Å². The van der Waals surface area contributed by atoms with Crippen LogP contribution >= 0.6 is 24.8 Å². The fourth-order valence-electron chi connectivity index (χ4n) is 3.47. The number of nitrogens with one attached hydrogen (secondary N) is 3. The number of amides is 1. The van der Waals surface area contributed by atoms with E-state index in [2.05, 4.69) is 20.6 Å². The zero-order valence-corrected chi connectivity index (χ0v) is 24.2. The molecule has 0 bridgehead atoms. The van der Waals surface area contributed by atoms with E-state index in [4.69, 9.17) is 16.2 Å². The molecule has 12 heteroatoms. The van der Waals surface area contributed by atoms with Gasteiger partial charge in [0.05, 0.1) is 5.52 Å². The van der Waals surface area contributed by atoms with Gasteiger partial charge in [0.15, 0.2) is 5.82 Å². The molecule has 218 valence electrons. The van der Waals surface area contributed by atoms with Crippen molar-refractivity contribution in [2.45, 2.75) is 39.2 Å². The second-order valence-corrected chi connectivity index (χ2v) is 9.65. The van der Waals surface area contributed by atoms with Crippen molar-refractivity contribution in [3.8, 4) is 0 Å². The van der Waals surface area contributed by atoms with E-state index in [1.54, 1.807) is 0 Å². The Kier molecular flexibility index (Phi) is 13.6. The largest absolute Gasteiger partial charge is 0.444 e. The molecule has 0 fully saturated rings. The van der Waals surface area contributed by atoms with Crippen molar-refractivity contribution in [2.24, 2.45) is 5.73 Å². The summed E-state index contributed by atoms with van der Waals surface area (Å²) in [6, 6.07) is 17.3. The Hall–Kier alpha value is -3.60. The van der Waals surface area contributed by atoms with Gasteiger partial charge < -0.3 is 31.8 Å². The van der Waals surface area contributed by atoms with Crippen molar-refractivity contribution in [3.63, 3.8) is 0 Å². The van der Waals surface area contributed by atoms with Gasteiger partial charge in [-0.05, 0) is 81.6 Å². The first-order chi connectivity index (χ1) is 18.0. The first kappa shape index (κ1) is 34.4. The van der Waals surface area contributed by atoms with Crippen LogP contribution in [-0.4, -0.2) is 34.8 Å². The summed E-state index contributed by atoms with van der Waals surface area (Å²) >= 11 is 0. The molecule has 0 aliphatic rings. The average Bonchev–Trinajstić information content (AvgIpc) is 3.24. The summed E-state index contributed by atoms with van der Waals surface area (Å²) < 4.78 is 31.8. The number of alkyl carbamates (subject to hydrolysis) is 1. The van der Waals surface area contributed by atoms with Gasteiger partial charge in [-0.15, -0.1) is 24.8 Å². The maximum atomic E-state index is 13.6. The number of fused-ring (bicyclic) bond motifs is 1. The van der Waals surface area contributed by atoms with Crippen molar-refractivity contribution in [2.75, 3.05) is 24.1 Å². The molecule has 40 heavy (non-hydrogen) atoms. The van der Waals surface area contributed by atoms with E-state index in [1.807, 2.05) is 69.3 Å². The van der Waals surface area contributed by atoms with Crippen LogP contribution in [0.1, 0.15) is 31.9 Å². The third-order valence-electron chi connectivity index (χ3n) is 5.22. The molecule has 8 nitrogen and oxygen atoms in total. The third kappa shape index (κ3) is 11.3. The Morgan fingerprint density at radius 1 is 0.975 bits per heavy atom. The molecular formula is C28H36Cl2F2N6O2. The molecule has 1 amide bonds. The van der Waals surface area contributed by atoms with E-state index < -0.39 is 17.2 Å². The third-order valence-corrected chi connectivity index (χ3v) is 5.22. The SMILES string of the molecule is CC(C)(C)OC(=O)NCCc1ccc(N)cc1.Cl.Cl.NCCc1ccc(Nc2nc3c(F)cc(F)cc3[nH]2)cc1. The van der Waals surface area contributed by atoms with Gasteiger partial charge in [0.1, 0.15) is 16.9 Å². The summed E-state index contributed by atoms with van der Waals surface area (Å²) in [5, 5.41) is 5.73. The second kappa shape index (κ2) is 15.9. The normalized spacial score (nSPS) is 10.4. The van der Waals surface area contributed by atoms with Crippen LogP contribution in [0.15, 0.2) is 60.7 Å². The molecular weight excluding hydrogens is 561 g/mol. The minimum Gasteiger partial charge on any atom is -0.444 e. The number of rotatable bonds is 7. The van der Waals surface area contributed by atoms with Crippen molar-refractivity contribution < 1.29 is 18.3 Å². The highest BCUT2D eigenvalue weighted by Gasteiger charge is 2.15. The highest BCUT2D eigenvalue weighted by Crippen LogP contribution is 2.22. The molecule has 0 aliphatic heterocycles. The molecule has 0 radical (unpaired) electrons. The van der Waals surface area contributed by atoms with Crippen LogP contribution in [0.4, 0.5) is 30.9 Å². The number of nitrogens with zero attached hydrogens (tertiary/aromatic N) is 1. The Morgan fingerprint density at radius 2 is 1.57 bits per heavy atom. The van der Waals surface area contributed by atoms with E-state index in [-0.39, 0.29) is 36.4 Å². The molecule has 0 aliphatic carbocycles. The van der Waals surface area contributed by atoms with Gasteiger partial charge in [-0.3, -0.25) is 0 Å². The van der Waals surface area contributed by atoms with Crippen molar-refractivity contribution >= 4 is 59.3 Å². The fraction of sp³-hybridized carbons (Fsp3) is 0.286. The lowest BCUT2D eigenvalue weighted by atomic mass is 10.1. The molecule has 0 atom stereocenters. The molecule has 7 N–H and O–H groups in total. The maximum Gasteiger partial charge on any atom is 0.407 e. The molecule has 3 aromatic carbocycles. The van der Waals surface area contributed by atoms with E-state index in [1.165, 1.54) is 6.07 Å². The van der Waals surface area contributed by atoms with E-state index in [9.17, 15) is 13.6 Å². The number of halogens is 4. The van der Waals surface area contributed by atoms with E-state index in [0.717, 1.165) is 41.4 Å². The van der Waals surface area contributed by atoms with Crippen LogP contribution in [-0.2, 0) is 17.6 Å². The predicted molar refractivity (Wildman–Crippen MR) is 162 cm³/mol. The first-order valence-electron chi connectivity index (χ1n) is 12.2. The Bertz CT molecular complexity index is 1340. The van der Waals surface area contributed by atoms with Crippen molar-refractivity contribution in [3.05, 3.63) is 83.4 Å². The van der Waals surface area contributed by atoms with Gasteiger partial charge in [0.25, 0.3) is 0 Å². The number of aromatic amines is 1. The lowest BCUT2D eigenvalue weighted by Crippen LogP contribution is -2.33. The number of H-pyrrole nitrogens is 1. The predicted octanol–water partition coefficient (Wildman–Crippen LogP) is 6.27. The minimum atomic E-state index is -0.687. The van der Waals surface area contributed by atoms with Gasteiger partial charge in [0.2, 0.25) is 5.95 Å². The molecule has 1 aromatic heterocycles. The Labute approximate surface area is 245 Å². The number of nitrogens with two attached hydrogens (primary N) is 2. The number of carbonyl (C=O) groups is 1. The molecule has 4 rings (SSSR count). The highest BCUT2D eigenvalue weighted by molar-refractivity contribution is 5.85. The van der Waals surface area contributed by atoms with E-state index >= 15 is 0 Å². The highest BCUT2D eigenvalue weighted by atomic mass is 35.5. The Balaban J connectivity index is 0.000000390. The fourth-order valence-corrected chi connectivity index (χ4v) is 3.47. The van der Waals surface area contributed by atoms with Crippen LogP contribution < -0.4 is 22.1 Å². The molecule has 0 unspecified atom stereocenters. The molecule has 1 heterocycles. The maximum absolute atomic E-state index is 13.6. The van der Waals surface area contributed by atoms with Crippen LogP contribution in [0.3, 0.4) is 0 Å². The quantitative estimate of drug-likeness (QED) is 0.160. The van der Waals surface area contributed by atoms with Crippen LogP contribution in [0.5, 0.6) is 0 Å². The second-order valence-electron chi connectivity index (χ2n) is 9.65. The molecule has 4 aromatic rings. The summed E-state index contributed by atoms with van der Waals surface area (Å²) in [6.45, 7) is 6.67. The number of anilines is 3. The first-order valence-corrected chi connectivity index (χ1v) is 12.2. The van der Waals surface area contributed by atoms with Crippen LogP contribution in [0, 0.1) is 11.6 Å².